The molecule has 0 aliphatic carbocycles. The topological polar surface area (TPSA) is 216 Å². The van der Waals surface area contributed by atoms with E-state index in [4.69, 9.17) is 14.2 Å². The number of carbonyl (C=O) groups is 2. The van der Waals surface area contributed by atoms with Crippen LogP contribution in [-0.4, -0.2) is 83.6 Å². The summed E-state index contributed by atoms with van der Waals surface area (Å²) in [4.78, 5) is 43.8. The van der Waals surface area contributed by atoms with E-state index < -0.39 is 22.8 Å². The van der Waals surface area contributed by atoms with Crippen molar-refractivity contribution in [1.82, 2.24) is 29.8 Å². The van der Waals surface area contributed by atoms with E-state index in [-0.39, 0.29) is 51.1 Å². The number of ether oxygens (including phenoxy) is 3. The predicted molar refractivity (Wildman–Crippen MR) is 162 cm³/mol. The van der Waals surface area contributed by atoms with Gasteiger partial charge in [0.2, 0.25) is 12.6 Å². The normalized spacial score (nSPS) is 11.3. The standard InChI is InChI=1S/C30H35N7O10/c1-4-7-24-31-26(30(2,3)41)25(28(38)39)35(24)18-20-10-12-21(13-11-20)22-8-5-6-9-23(22)27-32-34-36(33-27)19-46-29(40)45-16-14-44-15-17-47-37(42)43/h5-6,8-13,41H,4,7,14-19H2,1-3H3,(H,38,39). The number of tetrazole rings is 1. The average Bonchev–Trinajstić information content (AvgIpc) is 3.65. The summed E-state index contributed by atoms with van der Waals surface area (Å²) in [5.41, 5.74) is 1.86. The zero-order valence-corrected chi connectivity index (χ0v) is 26.1. The summed E-state index contributed by atoms with van der Waals surface area (Å²) in [7, 11) is 0. The Morgan fingerprint density at radius 2 is 1.70 bits per heavy atom. The third kappa shape index (κ3) is 9.30. The predicted octanol–water partition coefficient (Wildman–Crippen LogP) is 3.47. The second kappa shape index (κ2) is 15.7. The van der Waals surface area contributed by atoms with Gasteiger partial charge in [-0.15, -0.1) is 25.1 Å². The minimum Gasteiger partial charge on any atom is -0.477 e. The third-order valence-electron chi connectivity index (χ3n) is 6.70. The summed E-state index contributed by atoms with van der Waals surface area (Å²) in [5, 5.41) is 42.1. The van der Waals surface area contributed by atoms with Gasteiger partial charge in [-0.05, 0) is 42.2 Å². The highest BCUT2D eigenvalue weighted by Crippen LogP contribution is 2.31. The zero-order valence-electron chi connectivity index (χ0n) is 26.1. The van der Waals surface area contributed by atoms with E-state index in [1.54, 1.807) is 4.57 Å². The van der Waals surface area contributed by atoms with Crippen LogP contribution in [0.3, 0.4) is 0 Å². The lowest BCUT2D eigenvalue weighted by Gasteiger charge is -2.16. The van der Waals surface area contributed by atoms with E-state index in [2.05, 4.69) is 25.2 Å². The summed E-state index contributed by atoms with van der Waals surface area (Å²) >= 11 is 0. The number of benzene rings is 2. The first-order valence-electron chi connectivity index (χ1n) is 14.6. The van der Waals surface area contributed by atoms with Crippen LogP contribution in [0.5, 0.6) is 0 Å². The number of carboxylic acid groups (broad SMARTS) is 1. The number of hydrogen-bond donors (Lipinski definition) is 2. The largest absolute Gasteiger partial charge is 0.510 e. The van der Waals surface area contributed by atoms with Gasteiger partial charge in [-0.1, -0.05) is 55.5 Å². The number of hydrogen-bond acceptors (Lipinski definition) is 13. The maximum absolute atomic E-state index is 12.2. The summed E-state index contributed by atoms with van der Waals surface area (Å²) in [5.74, 6) is -0.273. The van der Waals surface area contributed by atoms with Crippen molar-refractivity contribution < 1.29 is 43.9 Å². The minimum atomic E-state index is -1.42. The fourth-order valence-electron chi connectivity index (χ4n) is 4.64. The number of imidazole rings is 1. The molecule has 250 valence electrons. The van der Waals surface area contributed by atoms with Gasteiger partial charge in [0.05, 0.1) is 13.2 Å². The molecule has 2 aromatic carbocycles. The number of carboxylic acids is 1. The van der Waals surface area contributed by atoms with Crippen LogP contribution in [0.1, 0.15) is 54.8 Å². The van der Waals surface area contributed by atoms with E-state index in [1.807, 2.05) is 55.5 Å². The van der Waals surface area contributed by atoms with Crippen molar-refractivity contribution in [3.8, 4) is 22.5 Å². The molecule has 0 saturated carbocycles. The molecule has 0 aliphatic rings. The Kier molecular flexibility index (Phi) is 11.5. The Morgan fingerprint density at radius 3 is 2.36 bits per heavy atom. The van der Waals surface area contributed by atoms with E-state index in [1.165, 1.54) is 13.8 Å². The maximum atomic E-state index is 12.2. The highest BCUT2D eigenvalue weighted by molar-refractivity contribution is 5.87. The van der Waals surface area contributed by atoms with Gasteiger partial charge < -0.3 is 33.8 Å². The van der Waals surface area contributed by atoms with Crippen molar-refractivity contribution >= 4 is 12.1 Å². The summed E-state index contributed by atoms with van der Waals surface area (Å²) < 4.78 is 16.5. The van der Waals surface area contributed by atoms with Crippen molar-refractivity contribution in [3.05, 3.63) is 81.4 Å². The molecule has 2 heterocycles. The zero-order chi connectivity index (χ0) is 34.0. The van der Waals surface area contributed by atoms with E-state index in [0.29, 0.717) is 23.6 Å². The van der Waals surface area contributed by atoms with Crippen LogP contribution in [0, 0.1) is 10.1 Å². The van der Waals surface area contributed by atoms with Crippen LogP contribution in [0.4, 0.5) is 4.79 Å². The quantitative estimate of drug-likeness (QED) is 0.0722. The first-order valence-corrected chi connectivity index (χ1v) is 14.6. The molecular formula is C30H35N7O10. The maximum Gasteiger partial charge on any atom is 0.510 e. The molecule has 17 heteroatoms. The number of aromatic nitrogens is 6. The minimum absolute atomic E-state index is 0.00449. The summed E-state index contributed by atoms with van der Waals surface area (Å²) in [6, 6.07) is 15.0. The highest BCUT2D eigenvalue weighted by atomic mass is 17.0. The van der Waals surface area contributed by atoms with Crippen LogP contribution in [0.25, 0.3) is 22.5 Å². The lowest BCUT2D eigenvalue weighted by atomic mass is 9.98. The van der Waals surface area contributed by atoms with Crippen molar-refractivity contribution in [2.24, 2.45) is 0 Å². The second-order valence-electron chi connectivity index (χ2n) is 10.7. The van der Waals surface area contributed by atoms with Gasteiger partial charge in [-0.25, -0.2) is 14.6 Å². The van der Waals surface area contributed by atoms with E-state index in [0.717, 1.165) is 27.9 Å². The Balaban J connectivity index is 1.41. The molecule has 17 nitrogen and oxygen atoms in total. The SMILES string of the molecule is CCCc1nc(C(C)(C)O)c(C(=O)O)n1Cc1ccc(-c2ccccc2-c2nnn(COC(=O)OCCOCCO[N+](=O)[O-])n2)cc1. The summed E-state index contributed by atoms with van der Waals surface area (Å²) in [6.07, 6.45) is 0.329. The molecule has 2 N–H and O–H groups in total. The Bertz CT molecular complexity index is 1680. The van der Waals surface area contributed by atoms with Crippen molar-refractivity contribution in [1.29, 1.82) is 0 Å². The van der Waals surface area contributed by atoms with Crippen molar-refractivity contribution in [2.75, 3.05) is 26.4 Å². The number of nitrogens with zero attached hydrogens (tertiary/aromatic N) is 7. The molecule has 4 rings (SSSR count). The fraction of sp³-hybridized carbons (Fsp3) is 0.400. The Morgan fingerprint density at radius 1 is 1.00 bits per heavy atom. The number of rotatable bonds is 17. The van der Waals surface area contributed by atoms with Gasteiger partial charge >= 0.3 is 12.1 Å². The van der Waals surface area contributed by atoms with Gasteiger partial charge in [0.25, 0.3) is 5.09 Å². The van der Waals surface area contributed by atoms with Crippen LogP contribution in [-0.2, 0) is 44.3 Å². The first kappa shape index (κ1) is 34.5. The van der Waals surface area contributed by atoms with Crippen LogP contribution in [0.15, 0.2) is 48.5 Å². The van der Waals surface area contributed by atoms with Crippen molar-refractivity contribution in [3.63, 3.8) is 0 Å². The third-order valence-corrected chi connectivity index (χ3v) is 6.70. The van der Waals surface area contributed by atoms with Gasteiger partial charge in [-0.3, -0.25) is 0 Å². The molecule has 4 aromatic rings. The number of aryl methyl sites for hydroxylation is 1. The average molecular weight is 654 g/mol. The van der Waals surface area contributed by atoms with Crippen LogP contribution >= 0.6 is 0 Å². The Hall–Kier alpha value is -5.42. The molecular weight excluding hydrogens is 618 g/mol. The van der Waals surface area contributed by atoms with Gasteiger partial charge in [0, 0.05) is 18.5 Å². The number of carbonyl (C=O) groups excluding carboxylic acids is 1. The lowest BCUT2D eigenvalue weighted by Crippen LogP contribution is -2.22. The molecule has 0 unspecified atom stereocenters. The molecule has 0 fully saturated rings. The fourth-order valence-corrected chi connectivity index (χ4v) is 4.64. The van der Waals surface area contributed by atoms with Gasteiger partial charge in [0.15, 0.2) is 5.69 Å². The molecule has 2 aromatic heterocycles. The molecule has 0 aliphatic heterocycles. The molecule has 0 spiro atoms. The molecule has 0 atom stereocenters. The van der Waals surface area contributed by atoms with Gasteiger partial charge in [0.1, 0.15) is 30.3 Å². The number of aromatic carboxylic acids is 1. The smallest absolute Gasteiger partial charge is 0.477 e. The van der Waals surface area contributed by atoms with Gasteiger partial charge in [-0.2, -0.15) is 0 Å². The Labute approximate surface area is 268 Å². The van der Waals surface area contributed by atoms with E-state index in [9.17, 15) is 29.9 Å². The highest BCUT2D eigenvalue weighted by Gasteiger charge is 2.31. The van der Waals surface area contributed by atoms with Crippen molar-refractivity contribution in [2.45, 2.75) is 52.5 Å². The lowest BCUT2D eigenvalue weighted by molar-refractivity contribution is -0.758. The van der Waals surface area contributed by atoms with Crippen LogP contribution < -0.4 is 0 Å². The molecule has 0 amide bonds. The molecule has 0 saturated heterocycles. The number of aliphatic hydroxyl groups is 1. The monoisotopic (exact) mass is 653 g/mol. The van der Waals surface area contributed by atoms with Crippen LogP contribution in [0.2, 0.25) is 0 Å². The molecule has 47 heavy (non-hydrogen) atoms. The second-order valence-corrected chi connectivity index (χ2v) is 10.7. The summed E-state index contributed by atoms with van der Waals surface area (Å²) in [6.45, 7) is 4.50. The molecule has 0 bridgehead atoms. The molecule has 0 radical (unpaired) electrons. The first-order chi connectivity index (χ1) is 22.5. The van der Waals surface area contributed by atoms with E-state index >= 15 is 0 Å².